The minimum absolute atomic E-state index is 0.127. The lowest BCUT2D eigenvalue weighted by atomic mass is 10.0. The standard InChI is InChI=1S/C19H24FN3O/c1-2-14-9-10-17(22-14)19(24)21-13-18(23-11-5-6-12-23)15-7-3-4-8-16(15)20/h3-4,7-10,18,22H,2,5-6,11-13H2,1H3,(H,21,24)/t18-/m0/s1. The maximum atomic E-state index is 14.2. The van der Waals surface area contributed by atoms with E-state index in [1.54, 1.807) is 12.1 Å². The Labute approximate surface area is 142 Å². The Bertz CT molecular complexity index is 691. The lowest BCUT2D eigenvalue weighted by molar-refractivity contribution is 0.0932. The van der Waals surface area contributed by atoms with E-state index in [0.717, 1.165) is 38.0 Å². The molecule has 0 aliphatic carbocycles. The summed E-state index contributed by atoms with van der Waals surface area (Å²) >= 11 is 0. The van der Waals surface area contributed by atoms with E-state index in [-0.39, 0.29) is 17.8 Å². The number of benzene rings is 1. The van der Waals surface area contributed by atoms with Crippen molar-refractivity contribution in [3.05, 3.63) is 59.2 Å². The van der Waals surface area contributed by atoms with Crippen LogP contribution in [0, 0.1) is 5.82 Å². The topological polar surface area (TPSA) is 48.1 Å². The van der Waals surface area contributed by atoms with Gasteiger partial charge < -0.3 is 10.3 Å². The number of aromatic nitrogens is 1. The molecule has 1 aromatic carbocycles. The fourth-order valence-corrected chi connectivity index (χ4v) is 3.30. The molecule has 2 aromatic rings. The molecule has 4 nitrogen and oxygen atoms in total. The molecule has 3 rings (SSSR count). The Kier molecular flexibility index (Phi) is 5.30. The van der Waals surface area contributed by atoms with Crippen LogP contribution in [0.4, 0.5) is 4.39 Å². The summed E-state index contributed by atoms with van der Waals surface area (Å²) in [6.45, 7) is 4.32. The van der Waals surface area contributed by atoms with Crippen LogP contribution < -0.4 is 5.32 Å². The van der Waals surface area contributed by atoms with Crippen molar-refractivity contribution in [1.29, 1.82) is 0 Å². The van der Waals surface area contributed by atoms with E-state index in [9.17, 15) is 9.18 Å². The van der Waals surface area contributed by atoms with Gasteiger partial charge in [0.05, 0.1) is 6.04 Å². The highest BCUT2D eigenvalue weighted by molar-refractivity contribution is 5.92. The molecule has 5 heteroatoms. The molecule has 0 bridgehead atoms. The Hall–Kier alpha value is -2.14. The number of amides is 1. The summed E-state index contributed by atoms with van der Waals surface area (Å²) in [4.78, 5) is 17.7. The third kappa shape index (κ3) is 3.67. The van der Waals surface area contributed by atoms with Gasteiger partial charge in [0, 0.05) is 17.8 Å². The SMILES string of the molecule is CCc1ccc(C(=O)NC[C@@H](c2ccccc2F)N2CCCC2)[nH]1. The first-order valence-electron chi connectivity index (χ1n) is 8.63. The molecule has 1 fully saturated rings. The van der Waals surface area contributed by atoms with Crippen molar-refractivity contribution in [2.24, 2.45) is 0 Å². The van der Waals surface area contributed by atoms with Crippen LogP contribution in [0.3, 0.4) is 0 Å². The number of nitrogens with one attached hydrogen (secondary N) is 2. The fourth-order valence-electron chi connectivity index (χ4n) is 3.30. The van der Waals surface area contributed by atoms with Gasteiger partial charge in [-0.2, -0.15) is 0 Å². The summed E-state index contributed by atoms with van der Waals surface area (Å²) in [7, 11) is 0. The number of likely N-dealkylation sites (tertiary alicyclic amines) is 1. The number of aromatic amines is 1. The highest BCUT2D eigenvalue weighted by Gasteiger charge is 2.26. The monoisotopic (exact) mass is 329 g/mol. The normalized spacial score (nSPS) is 16.2. The summed E-state index contributed by atoms with van der Waals surface area (Å²) in [6.07, 6.45) is 3.10. The predicted octanol–water partition coefficient (Wildman–Crippen LogP) is 3.28. The van der Waals surface area contributed by atoms with E-state index in [2.05, 4.69) is 15.2 Å². The van der Waals surface area contributed by atoms with Gasteiger partial charge in [0.2, 0.25) is 0 Å². The van der Waals surface area contributed by atoms with Gasteiger partial charge in [-0.25, -0.2) is 4.39 Å². The second-order valence-electron chi connectivity index (χ2n) is 6.24. The van der Waals surface area contributed by atoms with Crippen LogP contribution in [0.5, 0.6) is 0 Å². The third-order valence-electron chi connectivity index (χ3n) is 4.67. The minimum atomic E-state index is -0.211. The molecule has 1 aliphatic heterocycles. The maximum absolute atomic E-state index is 14.2. The van der Waals surface area contributed by atoms with Gasteiger partial charge in [-0.05, 0) is 50.6 Å². The summed E-state index contributed by atoms with van der Waals surface area (Å²) in [5.74, 6) is -0.355. The number of H-pyrrole nitrogens is 1. The van der Waals surface area contributed by atoms with Gasteiger partial charge in [0.25, 0.3) is 5.91 Å². The highest BCUT2D eigenvalue weighted by Crippen LogP contribution is 2.26. The molecule has 1 amide bonds. The van der Waals surface area contributed by atoms with E-state index in [0.29, 0.717) is 17.8 Å². The van der Waals surface area contributed by atoms with Crippen LogP contribution in [-0.2, 0) is 6.42 Å². The van der Waals surface area contributed by atoms with Crippen LogP contribution in [0.15, 0.2) is 36.4 Å². The zero-order valence-electron chi connectivity index (χ0n) is 14.0. The first-order chi connectivity index (χ1) is 11.7. The molecule has 128 valence electrons. The molecule has 2 heterocycles. The lowest BCUT2D eigenvalue weighted by Gasteiger charge is -2.28. The molecule has 0 saturated carbocycles. The third-order valence-corrected chi connectivity index (χ3v) is 4.67. The van der Waals surface area contributed by atoms with E-state index in [1.807, 2.05) is 25.1 Å². The highest BCUT2D eigenvalue weighted by atomic mass is 19.1. The lowest BCUT2D eigenvalue weighted by Crippen LogP contribution is -2.37. The van der Waals surface area contributed by atoms with Crippen molar-refractivity contribution < 1.29 is 9.18 Å². The largest absolute Gasteiger partial charge is 0.354 e. The average Bonchev–Trinajstić information content (AvgIpc) is 3.28. The van der Waals surface area contributed by atoms with Crippen molar-refractivity contribution in [2.45, 2.75) is 32.2 Å². The summed E-state index contributed by atoms with van der Waals surface area (Å²) < 4.78 is 14.2. The van der Waals surface area contributed by atoms with Crippen LogP contribution in [0.25, 0.3) is 0 Å². The van der Waals surface area contributed by atoms with Gasteiger partial charge in [-0.1, -0.05) is 25.1 Å². The van der Waals surface area contributed by atoms with Gasteiger partial charge >= 0.3 is 0 Å². The zero-order valence-corrected chi connectivity index (χ0v) is 14.0. The second-order valence-corrected chi connectivity index (χ2v) is 6.24. The number of carbonyl (C=O) groups is 1. The average molecular weight is 329 g/mol. The van der Waals surface area contributed by atoms with Crippen molar-refractivity contribution in [3.63, 3.8) is 0 Å². The quantitative estimate of drug-likeness (QED) is 0.854. The fraction of sp³-hybridized carbons (Fsp3) is 0.421. The van der Waals surface area contributed by atoms with E-state index in [4.69, 9.17) is 0 Å². The predicted molar refractivity (Wildman–Crippen MR) is 92.5 cm³/mol. The number of hydrogen-bond donors (Lipinski definition) is 2. The molecule has 1 aromatic heterocycles. The van der Waals surface area contributed by atoms with Gasteiger partial charge in [-0.15, -0.1) is 0 Å². The molecule has 0 spiro atoms. The number of carbonyl (C=O) groups excluding carboxylic acids is 1. The molecule has 1 aliphatic rings. The maximum Gasteiger partial charge on any atom is 0.267 e. The van der Waals surface area contributed by atoms with Crippen molar-refractivity contribution in [2.75, 3.05) is 19.6 Å². The molecule has 1 saturated heterocycles. The van der Waals surface area contributed by atoms with E-state index < -0.39 is 0 Å². The Balaban J connectivity index is 1.72. The summed E-state index contributed by atoms with van der Waals surface area (Å²) in [5, 5.41) is 2.96. The number of rotatable bonds is 6. The zero-order chi connectivity index (χ0) is 16.9. The molecular weight excluding hydrogens is 305 g/mol. The smallest absolute Gasteiger partial charge is 0.267 e. The molecule has 1 atom stereocenters. The second kappa shape index (κ2) is 7.62. The van der Waals surface area contributed by atoms with Crippen LogP contribution in [0.1, 0.15) is 47.6 Å². The molecule has 2 N–H and O–H groups in total. The Morgan fingerprint density at radius 1 is 1.25 bits per heavy atom. The molecular formula is C19H24FN3O. The first-order valence-corrected chi connectivity index (χ1v) is 8.63. The van der Waals surface area contributed by atoms with Crippen molar-refractivity contribution in [1.82, 2.24) is 15.2 Å². The molecule has 24 heavy (non-hydrogen) atoms. The summed E-state index contributed by atoms with van der Waals surface area (Å²) in [5.41, 5.74) is 2.24. The van der Waals surface area contributed by atoms with Crippen molar-refractivity contribution >= 4 is 5.91 Å². The molecule has 0 unspecified atom stereocenters. The van der Waals surface area contributed by atoms with E-state index in [1.165, 1.54) is 6.07 Å². The Morgan fingerprint density at radius 3 is 2.67 bits per heavy atom. The summed E-state index contributed by atoms with van der Waals surface area (Å²) in [6, 6.07) is 10.4. The first kappa shape index (κ1) is 16.7. The van der Waals surface area contributed by atoms with Gasteiger partial charge in [-0.3, -0.25) is 9.69 Å². The van der Waals surface area contributed by atoms with Crippen LogP contribution >= 0.6 is 0 Å². The molecule has 0 radical (unpaired) electrons. The van der Waals surface area contributed by atoms with Gasteiger partial charge in [0.1, 0.15) is 11.5 Å². The minimum Gasteiger partial charge on any atom is -0.354 e. The van der Waals surface area contributed by atoms with E-state index >= 15 is 0 Å². The van der Waals surface area contributed by atoms with Gasteiger partial charge in [0.15, 0.2) is 0 Å². The number of hydrogen-bond acceptors (Lipinski definition) is 2. The van der Waals surface area contributed by atoms with Crippen LogP contribution in [0.2, 0.25) is 0 Å². The number of nitrogens with zero attached hydrogens (tertiary/aromatic N) is 1. The van der Waals surface area contributed by atoms with Crippen molar-refractivity contribution in [3.8, 4) is 0 Å². The number of aryl methyl sites for hydroxylation is 1. The Morgan fingerprint density at radius 2 is 2.00 bits per heavy atom. The number of halogens is 1. The van der Waals surface area contributed by atoms with Crippen LogP contribution in [-0.4, -0.2) is 35.4 Å².